The van der Waals surface area contributed by atoms with Crippen LogP contribution in [0.2, 0.25) is 0 Å². The summed E-state index contributed by atoms with van der Waals surface area (Å²) in [6.07, 6.45) is 5.36. The van der Waals surface area contributed by atoms with E-state index < -0.39 is 0 Å². The second kappa shape index (κ2) is 6.83. The van der Waals surface area contributed by atoms with E-state index in [1.54, 1.807) is 7.11 Å². The molecule has 0 saturated heterocycles. The zero-order valence-electron chi connectivity index (χ0n) is 14.4. The van der Waals surface area contributed by atoms with Crippen LogP contribution in [0.1, 0.15) is 45.1 Å². The molecule has 1 fully saturated rings. The summed E-state index contributed by atoms with van der Waals surface area (Å²) in [5, 5.41) is 0. The van der Waals surface area contributed by atoms with E-state index in [2.05, 4.69) is 57.1 Å². The van der Waals surface area contributed by atoms with E-state index in [1.165, 1.54) is 37.8 Å². The predicted molar refractivity (Wildman–Crippen MR) is 90.0 cm³/mol. The summed E-state index contributed by atoms with van der Waals surface area (Å²) in [5.74, 6) is 2.37. The summed E-state index contributed by atoms with van der Waals surface area (Å²) < 4.78 is 5.48. The van der Waals surface area contributed by atoms with Gasteiger partial charge >= 0.3 is 0 Å². The molecule has 1 aliphatic rings. The van der Waals surface area contributed by atoms with Crippen LogP contribution in [0.15, 0.2) is 24.3 Å². The molecule has 0 spiro atoms. The average Bonchev–Trinajstić information content (AvgIpc) is 2.47. The van der Waals surface area contributed by atoms with Crippen molar-refractivity contribution in [3.05, 3.63) is 29.8 Å². The van der Waals surface area contributed by atoms with Crippen LogP contribution in [0.4, 0.5) is 0 Å². The second-order valence-electron chi connectivity index (χ2n) is 7.13. The summed E-state index contributed by atoms with van der Waals surface area (Å²) in [4.78, 5) is 2.35. The number of hydrogen-bond donors (Lipinski definition) is 0. The first-order chi connectivity index (χ1) is 10.0. The molecule has 1 aliphatic carbocycles. The molecule has 1 aromatic rings. The molecule has 0 N–H and O–H groups in total. The van der Waals surface area contributed by atoms with E-state index in [0.717, 1.165) is 11.7 Å². The van der Waals surface area contributed by atoms with E-state index in [9.17, 15) is 0 Å². The zero-order chi connectivity index (χ0) is 15.5. The predicted octanol–water partition coefficient (Wildman–Crippen LogP) is 4.34. The van der Waals surface area contributed by atoms with E-state index >= 15 is 0 Å². The fourth-order valence-electron chi connectivity index (χ4n) is 4.35. The maximum absolute atomic E-state index is 5.48. The van der Waals surface area contributed by atoms with Gasteiger partial charge in [-0.3, -0.25) is 0 Å². The molecule has 0 amide bonds. The van der Waals surface area contributed by atoms with Gasteiger partial charge in [0.25, 0.3) is 0 Å². The first-order valence-corrected chi connectivity index (χ1v) is 8.30. The fraction of sp³-hybridized carbons (Fsp3) is 0.684. The molecule has 0 bridgehead atoms. The van der Waals surface area contributed by atoms with Crippen LogP contribution in [0.5, 0.6) is 5.75 Å². The van der Waals surface area contributed by atoms with Crippen LogP contribution in [0.25, 0.3) is 0 Å². The van der Waals surface area contributed by atoms with Gasteiger partial charge in [-0.15, -0.1) is 0 Å². The van der Waals surface area contributed by atoms with Crippen molar-refractivity contribution < 1.29 is 4.74 Å². The summed E-state index contributed by atoms with van der Waals surface area (Å²) in [6, 6.07) is 8.80. The van der Waals surface area contributed by atoms with Crippen LogP contribution >= 0.6 is 0 Å². The van der Waals surface area contributed by atoms with Gasteiger partial charge in [-0.25, -0.2) is 0 Å². The van der Waals surface area contributed by atoms with E-state index in [0.29, 0.717) is 5.92 Å². The number of hydrogen-bond acceptors (Lipinski definition) is 2. The van der Waals surface area contributed by atoms with Gasteiger partial charge in [0.15, 0.2) is 0 Å². The number of nitrogens with zero attached hydrogens (tertiary/aromatic N) is 1. The molecule has 2 nitrogen and oxygen atoms in total. The molecule has 0 heterocycles. The molecule has 2 heteroatoms. The Labute approximate surface area is 130 Å². The molecule has 118 valence electrons. The first kappa shape index (κ1) is 16.4. The lowest BCUT2D eigenvalue weighted by molar-refractivity contribution is 0.101. The molecule has 1 saturated carbocycles. The van der Waals surface area contributed by atoms with Gasteiger partial charge in [0, 0.05) is 12.0 Å². The molecule has 2 atom stereocenters. The lowest BCUT2D eigenvalue weighted by Crippen LogP contribution is -2.46. The minimum atomic E-state index is 0.289. The van der Waals surface area contributed by atoms with Gasteiger partial charge in [-0.05, 0) is 56.5 Å². The van der Waals surface area contributed by atoms with Crippen LogP contribution in [-0.4, -0.2) is 32.6 Å². The normalized spacial score (nSPS) is 26.3. The summed E-state index contributed by atoms with van der Waals surface area (Å²) in [7, 11) is 6.16. The van der Waals surface area contributed by atoms with Crippen molar-refractivity contribution in [1.29, 1.82) is 0 Å². The topological polar surface area (TPSA) is 12.5 Å². The molecule has 0 aromatic heterocycles. The van der Waals surface area contributed by atoms with Crippen molar-refractivity contribution in [2.45, 2.75) is 44.9 Å². The molecule has 2 rings (SSSR count). The van der Waals surface area contributed by atoms with E-state index in [1.807, 2.05) is 0 Å². The molecule has 21 heavy (non-hydrogen) atoms. The standard InChI is InChI=1S/C19H31NO/c1-15(2)19(16-10-8-11-18(13-16)21-5)12-7-6-9-17(19)14-20(3)4/h8,10-11,13,15,17H,6-7,9,12,14H2,1-5H3. The molecule has 1 aromatic carbocycles. The van der Waals surface area contributed by atoms with Gasteiger partial charge in [0.1, 0.15) is 5.75 Å². The number of ether oxygens (including phenoxy) is 1. The largest absolute Gasteiger partial charge is 0.497 e. The Bertz CT molecular complexity index is 455. The summed E-state index contributed by atoms with van der Waals surface area (Å²) in [6.45, 7) is 5.97. The quantitative estimate of drug-likeness (QED) is 0.799. The minimum Gasteiger partial charge on any atom is -0.497 e. The van der Waals surface area contributed by atoms with Crippen molar-refractivity contribution in [3.63, 3.8) is 0 Å². The van der Waals surface area contributed by atoms with Crippen LogP contribution < -0.4 is 4.74 Å². The van der Waals surface area contributed by atoms with Gasteiger partial charge < -0.3 is 9.64 Å². The highest BCUT2D eigenvalue weighted by Crippen LogP contribution is 2.49. The monoisotopic (exact) mass is 289 g/mol. The van der Waals surface area contributed by atoms with E-state index in [4.69, 9.17) is 4.74 Å². The molecule has 2 unspecified atom stereocenters. The molecule has 0 aliphatic heterocycles. The van der Waals surface area contributed by atoms with E-state index in [-0.39, 0.29) is 5.41 Å². The highest BCUT2D eigenvalue weighted by molar-refractivity contribution is 5.35. The van der Waals surface area contributed by atoms with Crippen LogP contribution in [0.3, 0.4) is 0 Å². The Balaban J connectivity index is 2.45. The fourth-order valence-corrected chi connectivity index (χ4v) is 4.35. The van der Waals surface area contributed by atoms with Gasteiger partial charge in [-0.1, -0.05) is 38.8 Å². The van der Waals surface area contributed by atoms with Gasteiger partial charge in [0.2, 0.25) is 0 Å². The lowest BCUT2D eigenvalue weighted by Gasteiger charge is -2.49. The van der Waals surface area contributed by atoms with Crippen molar-refractivity contribution in [2.24, 2.45) is 11.8 Å². The van der Waals surface area contributed by atoms with Crippen molar-refractivity contribution in [2.75, 3.05) is 27.7 Å². The first-order valence-electron chi connectivity index (χ1n) is 8.30. The zero-order valence-corrected chi connectivity index (χ0v) is 14.4. The Morgan fingerprint density at radius 2 is 2.05 bits per heavy atom. The lowest BCUT2D eigenvalue weighted by atomic mass is 9.57. The molecular weight excluding hydrogens is 258 g/mol. The Kier molecular flexibility index (Phi) is 5.32. The SMILES string of the molecule is COc1cccc(C2(C(C)C)CCCCC2CN(C)C)c1. The smallest absolute Gasteiger partial charge is 0.119 e. The summed E-state index contributed by atoms with van der Waals surface area (Å²) >= 11 is 0. The highest BCUT2D eigenvalue weighted by Gasteiger charge is 2.44. The number of methoxy groups -OCH3 is 1. The third-order valence-electron chi connectivity index (χ3n) is 5.34. The third-order valence-corrected chi connectivity index (χ3v) is 5.34. The van der Waals surface area contributed by atoms with Gasteiger partial charge in [0.05, 0.1) is 7.11 Å². The summed E-state index contributed by atoms with van der Waals surface area (Å²) in [5.41, 5.74) is 1.76. The van der Waals surface area contributed by atoms with Gasteiger partial charge in [-0.2, -0.15) is 0 Å². The second-order valence-corrected chi connectivity index (χ2v) is 7.13. The molecular formula is C19H31NO. The number of benzene rings is 1. The third kappa shape index (κ3) is 3.26. The Morgan fingerprint density at radius 1 is 1.29 bits per heavy atom. The van der Waals surface area contributed by atoms with Crippen LogP contribution in [0, 0.1) is 11.8 Å². The maximum atomic E-state index is 5.48. The maximum Gasteiger partial charge on any atom is 0.119 e. The number of rotatable bonds is 5. The van der Waals surface area contributed by atoms with Crippen molar-refractivity contribution >= 4 is 0 Å². The molecule has 0 radical (unpaired) electrons. The average molecular weight is 289 g/mol. The Hall–Kier alpha value is -1.02. The van der Waals surface area contributed by atoms with Crippen LogP contribution in [-0.2, 0) is 5.41 Å². The minimum absolute atomic E-state index is 0.289. The highest BCUT2D eigenvalue weighted by atomic mass is 16.5. The van der Waals surface area contributed by atoms with Crippen molar-refractivity contribution in [3.8, 4) is 5.75 Å². The van der Waals surface area contributed by atoms with Crippen molar-refractivity contribution in [1.82, 2.24) is 4.90 Å². The Morgan fingerprint density at radius 3 is 2.67 bits per heavy atom.